The Kier molecular flexibility index (Phi) is 7.83. The van der Waals surface area contributed by atoms with Crippen LogP contribution in [-0.2, 0) is 19.9 Å². The standard InChI is InChI=1S/C19H31N3O5S2/c1-14(2)22(15(3)4)11-10-20-19(23)16-5-7-18(8-6-16)29(26,27)21-17-9-12-28(24,25)13-17/h5-8,14-15,17,21H,9-13H2,1-4H3,(H,20,23). The summed E-state index contributed by atoms with van der Waals surface area (Å²) in [6.45, 7) is 9.65. The van der Waals surface area contributed by atoms with E-state index in [1.807, 2.05) is 0 Å². The van der Waals surface area contributed by atoms with E-state index in [9.17, 15) is 21.6 Å². The summed E-state index contributed by atoms with van der Waals surface area (Å²) in [5, 5.41) is 2.85. The van der Waals surface area contributed by atoms with Gasteiger partial charge in [0, 0.05) is 36.8 Å². The third-order valence-corrected chi connectivity index (χ3v) is 8.27. The van der Waals surface area contributed by atoms with Crippen molar-refractivity contribution < 1.29 is 21.6 Å². The summed E-state index contributed by atoms with van der Waals surface area (Å²) in [6.07, 6.45) is 0.270. The minimum atomic E-state index is -3.84. The summed E-state index contributed by atoms with van der Waals surface area (Å²) in [6, 6.07) is 5.76. The third-order valence-electron chi connectivity index (χ3n) is 4.96. The second-order valence-corrected chi connectivity index (χ2v) is 11.9. The number of carbonyl (C=O) groups excluding carboxylic acids is 1. The summed E-state index contributed by atoms with van der Waals surface area (Å²) in [5.74, 6) is -0.461. The van der Waals surface area contributed by atoms with Crippen LogP contribution < -0.4 is 10.0 Å². The Hall–Kier alpha value is -1.49. The van der Waals surface area contributed by atoms with E-state index in [0.717, 1.165) is 6.54 Å². The molecule has 0 aliphatic carbocycles. The molecule has 1 amide bonds. The van der Waals surface area contributed by atoms with Crippen LogP contribution in [0, 0.1) is 0 Å². The highest BCUT2D eigenvalue weighted by Gasteiger charge is 2.31. The second-order valence-electron chi connectivity index (χ2n) is 7.93. The topological polar surface area (TPSA) is 113 Å². The molecule has 1 aliphatic rings. The van der Waals surface area contributed by atoms with Gasteiger partial charge in [-0.25, -0.2) is 21.6 Å². The lowest BCUT2D eigenvalue weighted by Gasteiger charge is -2.30. The van der Waals surface area contributed by atoms with Crippen molar-refractivity contribution in [3.05, 3.63) is 29.8 Å². The number of nitrogens with zero attached hydrogens (tertiary/aromatic N) is 1. The summed E-state index contributed by atoms with van der Waals surface area (Å²) in [4.78, 5) is 14.6. The van der Waals surface area contributed by atoms with Crippen LogP contribution in [0.2, 0.25) is 0 Å². The fourth-order valence-electron chi connectivity index (χ4n) is 3.47. The van der Waals surface area contributed by atoms with Crippen LogP contribution in [0.25, 0.3) is 0 Å². The van der Waals surface area contributed by atoms with Gasteiger partial charge in [0.25, 0.3) is 5.91 Å². The number of nitrogens with one attached hydrogen (secondary N) is 2. The van der Waals surface area contributed by atoms with Crippen LogP contribution >= 0.6 is 0 Å². The van der Waals surface area contributed by atoms with Gasteiger partial charge in [-0.2, -0.15) is 0 Å². The molecule has 2 N–H and O–H groups in total. The first-order chi connectivity index (χ1) is 13.4. The van der Waals surface area contributed by atoms with E-state index in [2.05, 4.69) is 42.6 Å². The Morgan fingerprint density at radius 3 is 2.21 bits per heavy atom. The molecule has 1 aliphatic heterocycles. The Morgan fingerprint density at radius 2 is 1.72 bits per heavy atom. The van der Waals surface area contributed by atoms with Gasteiger partial charge in [0.05, 0.1) is 16.4 Å². The van der Waals surface area contributed by atoms with Gasteiger partial charge >= 0.3 is 0 Å². The number of sulfonamides is 1. The number of hydrogen-bond acceptors (Lipinski definition) is 6. The third kappa shape index (κ3) is 6.77. The van der Waals surface area contributed by atoms with Crippen LogP contribution in [0.1, 0.15) is 44.5 Å². The van der Waals surface area contributed by atoms with E-state index in [0.29, 0.717) is 24.2 Å². The van der Waals surface area contributed by atoms with Gasteiger partial charge in [0.15, 0.2) is 9.84 Å². The SMILES string of the molecule is CC(C)N(CCNC(=O)c1ccc(S(=O)(=O)NC2CCS(=O)(=O)C2)cc1)C(C)C. The lowest BCUT2D eigenvalue weighted by molar-refractivity contribution is 0.0939. The average Bonchev–Trinajstić information content (AvgIpc) is 2.95. The van der Waals surface area contributed by atoms with E-state index >= 15 is 0 Å². The van der Waals surface area contributed by atoms with Crippen LogP contribution in [0.4, 0.5) is 0 Å². The molecule has 0 saturated carbocycles. The zero-order valence-electron chi connectivity index (χ0n) is 17.4. The smallest absolute Gasteiger partial charge is 0.251 e. The van der Waals surface area contributed by atoms with Crippen LogP contribution in [0.5, 0.6) is 0 Å². The van der Waals surface area contributed by atoms with E-state index in [1.165, 1.54) is 24.3 Å². The van der Waals surface area contributed by atoms with Crippen LogP contribution in [-0.4, -0.2) is 70.4 Å². The molecule has 1 aromatic rings. The molecule has 8 nitrogen and oxygen atoms in total. The number of rotatable bonds is 9. The zero-order valence-corrected chi connectivity index (χ0v) is 19.0. The molecule has 1 heterocycles. The Balaban J connectivity index is 1.94. The second kappa shape index (κ2) is 9.55. The normalized spacial score (nSPS) is 19.2. The van der Waals surface area contributed by atoms with Crippen molar-refractivity contribution >= 4 is 25.8 Å². The van der Waals surface area contributed by atoms with E-state index in [1.54, 1.807) is 0 Å². The molecule has 164 valence electrons. The molecule has 1 aromatic carbocycles. The van der Waals surface area contributed by atoms with Crippen molar-refractivity contribution in [1.82, 2.24) is 14.9 Å². The Morgan fingerprint density at radius 1 is 1.14 bits per heavy atom. The molecule has 0 bridgehead atoms. The largest absolute Gasteiger partial charge is 0.351 e. The predicted octanol–water partition coefficient (Wildman–Crippen LogP) is 1.00. The van der Waals surface area contributed by atoms with E-state index in [-0.39, 0.29) is 28.7 Å². The van der Waals surface area contributed by atoms with Crippen LogP contribution in [0.3, 0.4) is 0 Å². The molecule has 0 aromatic heterocycles. The molecule has 29 heavy (non-hydrogen) atoms. The molecule has 0 spiro atoms. The van der Waals surface area contributed by atoms with Crippen LogP contribution in [0.15, 0.2) is 29.2 Å². The number of hydrogen-bond donors (Lipinski definition) is 2. The molecule has 2 rings (SSSR count). The van der Waals surface area contributed by atoms with Gasteiger partial charge in [-0.05, 0) is 58.4 Å². The fraction of sp³-hybridized carbons (Fsp3) is 0.632. The molecule has 0 radical (unpaired) electrons. The summed E-state index contributed by atoms with van der Waals surface area (Å²) in [5.41, 5.74) is 0.369. The maximum absolute atomic E-state index is 12.4. The number of amides is 1. The molecule has 1 unspecified atom stereocenters. The summed E-state index contributed by atoms with van der Waals surface area (Å²) < 4.78 is 50.3. The van der Waals surface area contributed by atoms with Gasteiger partial charge in [0.2, 0.25) is 10.0 Å². The maximum atomic E-state index is 12.4. The summed E-state index contributed by atoms with van der Waals surface area (Å²) >= 11 is 0. The van der Waals surface area contributed by atoms with Crippen molar-refractivity contribution in [2.45, 2.75) is 57.1 Å². The van der Waals surface area contributed by atoms with Gasteiger partial charge in [0.1, 0.15) is 0 Å². The predicted molar refractivity (Wildman–Crippen MR) is 113 cm³/mol. The minimum absolute atomic E-state index is 0.00383. The van der Waals surface area contributed by atoms with Crippen molar-refractivity contribution in [3.8, 4) is 0 Å². The number of sulfone groups is 1. The highest BCUT2D eigenvalue weighted by atomic mass is 32.2. The molecular weight excluding hydrogens is 414 g/mol. The Labute approximate surface area is 174 Å². The lowest BCUT2D eigenvalue weighted by atomic mass is 10.2. The molecule has 1 fully saturated rings. The first-order valence-corrected chi connectivity index (χ1v) is 13.1. The quantitative estimate of drug-likeness (QED) is 0.586. The monoisotopic (exact) mass is 445 g/mol. The molecular formula is C19H31N3O5S2. The van der Waals surface area contributed by atoms with Crippen molar-refractivity contribution in [2.75, 3.05) is 24.6 Å². The lowest BCUT2D eigenvalue weighted by Crippen LogP contribution is -2.42. The number of benzene rings is 1. The average molecular weight is 446 g/mol. The van der Waals surface area contributed by atoms with Crippen molar-refractivity contribution in [2.24, 2.45) is 0 Å². The highest BCUT2D eigenvalue weighted by molar-refractivity contribution is 7.92. The van der Waals surface area contributed by atoms with Crippen molar-refractivity contribution in [3.63, 3.8) is 0 Å². The first-order valence-electron chi connectivity index (χ1n) is 9.78. The van der Waals surface area contributed by atoms with Gasteiger partial charge in [-0.15, -0.1) is 0 Å². The summed E-state index contributed by atoms with van der Waals surface area (Å²) in [7, 11) is -7.01. The molecule has 1 saturated heterocycles. The minimum Gasteiger partial charge on any atom is -0.351 e. The fourth-order valence-corrected chi connectivity index (χ4v) is 6.52. The van der Waals surface area contributed by atoms with Gasteiger partial charge < -0.3 is 5.32 Å². The highest BCUT2D eigenvalue weighted by Crippen LogP contribution is 2.16. The Bertz CT molecular complexity index is 902. The van der Waals surface area contributed by atoms with Crippen molar-refractivity contribution in [1.29, 1.82) is 0 Å². The molecule has 1 atom stereocenters. The van der Waals surface area contributed by atoms with Gasteiger partial charge in [-0.1, -0.05) is 0 Å². The maximum Gasteiger partial charge on any atom is 0.251 e. The van der Waals surface area contributed by atoms with E-state index in [4.69, 9.17) is 0 Å². The first kappa shape index (κ1) is 23.8. The van der Waals surface area contributed by atoms with Gasteiger partial charge in [-0.3, -0.25) is 9.69 Å². The van der Waals surface area contributed by atoms with E-state index < -0.39 is 25.9 Å². The number of carbonyl (C=O) groups is 1. The molecule has 10 heteroatoms. The zero-order chi connectivity index (χ0) is 21.8.